The highest BCUT2D eigenvalue weighted by Crippen LogP contribution is 2.40. The Balaban J connectivity index is 1.18. The van der Waals surface area contributed by atoms with Crippen LogP contribution in [0.5, 0.6) is 5.88 Å². The molecule has 1 N–H and O–H groups in total. The van der Waals surface area contributed by atoms with Crippen molar-refractivity contribution in [3.63, 3.8) is 0 Å². The Bertz CT molecular complexity index is 1540. The van der Waals surface area contributed by atoms with Gasteiger partial charge in [0.15, 0.2) is 5.65 Å². The minimum absolute atomic E-state index is 0.0188. The van der Waals surface area contributed by atoms with E-state index in [2.05, 4.69) is 49.9 Å². The van der Waals surface area contributed by atoms with E-state index in [1.807, 2.05) is 24.3 Å². The number of halogens is 3. The number of benzene rings is 2. The quantitative estimate of drug-likeness (QED) is 0.349. The number of rotatable bonds is 7. The van der Waals surface area contributed by atoms with Gasteiger partial charge in [0.05, 0.1) is 11.4 Å². The molecule has 3 heterocycles. The number of hydrogen-bond acceptors (Lipinski definition) is 6. The van der Waals surface area contributed by atoms with Gasteiger partial charge in [0.1, 0.15) is 6.61 Å². The van der Waals surface area contributed by atoms with Crippen LogP contribution in [0.25, 0.3) is 16.4 Å². The molecule has 3 aromatic heterocycles. The van der Waals surface area contributed by atoms with Gasteiger partial charge in [0.2, 0.25) is 5.88 Å². The fourth-order valence-electron chi connectivity index (χ4n) is 4.41. The average molecular weight is 490 g/mol. The van der Waals surface area contributed by atoms with Crippen LogP contribution in [0.1, 0.15) is 35.1 Å². The molecular formula is C26H21F3N6O. The molecule has 6 rings (SSSR count). The van der Waals surface area contributed by atoms with E-state index >= 15 is 0 Å². The maximum Gasteiger partial charge on any atom is 0.453 e. The van der Waals surface area contributed by atoms with Gasteiger partial charge in [-0.3, -0.25) is 4.98 Å². The van der Waals surface area contributed by atoms with Crippen LogP contribution >= 0.6 is 0 Å². The molecule has 10 heteroatoms. The van der Waals surface area contributed by atoms with Gasteiger partial charge in [-0.05, 0) is 30.2 Å². The Morgan fingerprint density at radius 3 is 2.44 bits per heavy atom. The summed E-state index contributed by atoms with van der Waals surface area (Å²) in [7, 11) is 0. The lowest BCUT2D eigenvalue weighted by Crippen LogP contribution is -2.18. The van der Waals surface area contributed by atoms with E-state index in [-0.39, 0.29) is 18.1 Å². The largest absolute Gasteiger partial charge is 0.470 e. The molecule has 1 aliphatic carbocycles. The number of nitrogens with one attached hydrogen (secondary N) is 1. The van der Waals surface area contributed by atoms with E-state index in [0.29, 0.717) is 39.5 Å². The number of aromatic nitrogens is 5. The maximum absolute atomic E-state index is 13.4. The summed E-state index contributed by atoms with van der Waals surface area (Å²) < 4.78 is 46.8. The van der Waals surface area contributed by atoms with Crippen LogP contribution in [0, 0.1) is 0 Å². The topological polar surface area (TPSA) is 77.2 Å². The molecule has 2 aromatic carbocycles. The SMILES string of the molecule is FC(F)(F)c1nnc2c3ccccc3c(OCc3cccc(CNC4C[C@@H]4c4ccccc4)n3)nn12. The van der Waals surface area contributed by atoms with E-state index in [1.54, 1.807) is 24.3 Å². The minimum atomic E-state index is -4.70. The van der Waals surface area contributed by atoms with Crippen LogP contribution in [0.4, 0.5) is 13.2 Å². The molecule has 36 heavy (non-hydrogen) atoms. The summed E-state index contributed by atoms with van der Waals surface area (Å²) in [5.74, 6) is -0.628. The molecule has 2 atom stereocenters. The van der Waals surface area contributed by atoms with Gasteiger partial charge in [-0.2, -0.15) is 17.7 Å². The number of pyridine rings is 1. The second-order valence-corrected chi connectivity index (χ2v) is 8.76. The number of fused-ring (bicyclic) bond motifs is 3. The molecule has 0 radical (unpaired) electrons. The molecule has 0 bridgehead atoms. The third kappa shape index (κ3) is 4.35. The molecular weight excluding hydrogens is 469 g/mol. The number of nitrogens with zero attached hydrogens (tertiary/aromatic N) is 5. The standard InChI is InChI=1S/C26H21F3N6O/c27-26(28,29)25-33-32-23-19-11-4-5-12-20(19)24(34-35(23)25)36-15-18-10-6-9-17(31-18)14-30-22-13-21(22)16-7-2-1-3-8-16/h1-12,21-22,30H,13-15H2/t21-,22?/m1/s1. The molecule has 0 aliphatic heterocycles. The molecule has 1 fully saturated rings. The molecule has 1 saturated carbocycles. The zero-order chi connectivity index (χ0) is 24.7. The third-order valence-electron chi connectivity index (χ3n) is 6.27. The highest BCUT2D eigenvalue weighted by Gasteiger charge is 2.39. The van der Waals surface area contributed by atoms with Gasteiger partial charge >= 0.3 is 6.18 Å². The van der Waals surface area contributed by atoms with Crippen molar-refractivity contribution in [3.8, 4) is 5.88 Å². The van der Waals surface area contributed by atoms with E-state index in [4.69, 9.17) is 4.74 Å². The fraction of sp³-hybridized carbons (Fsp3) is 0.231. The zero-order valence-corrected chi connectivity index (χ0v) is 19.0. The number of alkyl halides is 3. The summed E-state index contributed by atoms with van der Waals surface area (Å²) in [5.41, 5.74) is 2.87. The second kappa shape index (κ2) is 8.87. The predicted octanol–water partition coefficient (Wildman–Crippen LogP) is 4.92. The van der Waals surface area contributed by atoms with Crippen molar-refractivity contribution in [2.45, 2.75) is 37.7 Å². The maximum atomic E-state index is 13.4. The van der Waals surface area contributed by atoms with Gasteiger partial charge in [-0.15, -0.1) is 15.3 Å². The van der Waals surface area contributed by atoms with E-state index in [1.165, 1.54) is 5.56 Å². The van der Waals surface area contributed by atoms with Crippen molar-refractivity contribution >= 4 is 16.4 Å². The highest BCUT2D eigenvalue weighted by atomic mass is 19.4. The molecule has 7 nitrogen and oxygen atoms in total. The molecule has 0 saturated heterocycles. The Hall–Kier alpha value is -4.05. The van der Waals surface area contributed by atoms with Gasteiger partial charge in [0, 0.05) is 29.3 Å². The lowest BCUT2D eigenvalue weighted by atomic mass is 10.1. The summed E-state index contributed by atoms with van der Waals surface area (Å²) in [6.07, 6.45) is -3.60. The van der Waals surface area contributed by atoms with E-state index in [0.717, 1.165) is 12.1 Å². The first kappa shape index (κ1) is 22.4. The predicted molar refractivity (Wildman–Crippen MR) is 126 cm³/mol. The summed E-state index contributed by atoms with van der Waals surface area (Å²) >= 11 is 0. The van der Waals surface area contributed by atoms with Gasteiger partial charge in [-0.1, -0.05) is 54.6 Å². The third-order valence-corrected chi connectivity index (χ3v) is 6.27. The molecule has 0 spiro atoms. The molecule has 1 aliphatic rings. The van der Waals surface area contributed by atoms with Crippen LogP contribution in [0.15, 0.2) is 72.8 Å². The number of ether oxygens (including phenoxy) is 1. The first-order valence-electron chi connectivity index (χ1n) is 11.5. The average Bonchev–Trinajstić information content (AvgIpc) is 3.54. The van der Waals surface area contributed by atoms with Gasteiger partial charge in [0.25, 0.3) is 5.82 Å². The van der Waals surface area contributed by atoms with Gasteiger partial charge < -0.3 is 10.1 Å². The molecule has 0 amide bonds. The number of hydrogen-bond donors (Lipinski definition) is 1. The lowest BCUT2D eigenvalue weighted by molar-refractivity contribution is -0.146. The van der Waals surface area contributed by atoms with E-state index < -0.39 is 12.0 Å². The first-order chi connectivity index (χ1) is 17.5. The van der Waals surface area contributed by atoms with Crippen LogP contribution in [-0.4, -0.2) is 30.8 Å². The van der Waals surface area contributed by atoms with Crippen LogP contribution < -0.4 is 10.1 Å². The summed E-state index contributed by atoms with van der Waals surface area (Å²) in [4.78, 5) is 4.65. The highest BCUT2D eigenvalue weighted by molar-refractivity contribution is 5.96. The second-order valence-electron chi connectivity index (χ2n) is 8.76. The van der Waals surface area contributed by atoms with Crippen LogP contribution in [0.3, 0.4) is 0 Å². The van der Waals surface area contributed by atoms with Crippen molar-refractivity contribution in [1.29, 1.82) is 0 Å². The summed E-state index contributed by atoms with van der Waals surface area (Å²) in [6.45, 7) is 0.667. The first-order valence-corrected chi connectivity index (χ1v) is 11.5. The Labute approximate surface area is 204 Å². The Kier molecular flexibility index (Phi) is 5.52. The molecule has 1 unspecified atom stereocenters. The van der Waals surface area contributed by atoms with Crippen LogP contribution in [0.2, 0.25) is 0 Å². The minimum Gasteiger partial charge on any atom is -0.470 e. The zero-order valence-electron chi connectivity index (χ0n) is 19.0. The lowest BCUT2D eigenvalue weighted by Gasteiger charge is -2.11. The van der Waals surface area contributed by atoms with Crippen molar-refractivity contribution < 1.29 is 17.9 Å². The Morgan fingerprint density at radius 1 is 0.889 bits per heavy atom. The monoisotopic (exact) mass is 490 g/mol. The normalized spacial score (nSPS) is 17.5. The Morgan fingerprint density at radius 2 is 1.64 bits per heavy atom. The fourth-order valence-corrected chi connectivity index (χ4v) is 4.41. The van der Waals surface area contributed by atoms with Crippen molar-refractivity contribution in [3.05, 3.63) is 95.6 Å². The van der Waals surface area contributed by atoms with Gasteiger partial charge in [-0.25, -0.2) is 0 Å². The van der Waals surface area contributed by atoms with Crippen molar-refractivity contribution in [2.24, 2.45) is 0 Å². The molecule has 182 valence electrons. The smallest absolute Gasteiger partial charge is 0.453 e. The van der Waals surface area contributed by atoms with Crippen molar-refractivity contribution in [1.82, 2.24) is 30.1 Å². The summed E-state index contributed by atoms with van der Waals surface area (Å²) in [6, 6.07) is 23.4. The van der Waals surface area contributed by atoms with Crippen LogP contribution in [-0.2, 0) is 19.3 Å². The summed E-state index contributed by atoms with van der Waals surface area (Å²) in [5, 5.41) is 15.6. The molecule has 5 aromatic rings. The van der Waals surface area contributed by atoms with Crippen molar-refractivity contribution in [2.75, 3.05) is 0 Å². The van der Waals surface area contributed by atoms with E-state index in [9.17, 15) is 13.2 Å².